The highest BCUT2D eigenvalue weighted by Gasteiger charge is 2.23. The quantitative estimate of drug-likeness (QED) is 0.727. The third-order valence-corrected chi connectivity index (χ3v) is 3.54. The second kappa shape index (κ2) is 5.05. The maximum atomic E-state index is 13.0. The van der Waals surface area contributed by atoms with Crippen molar-refractivity contribution in [2.75, 3.05) is 0 Å². The fourth-order valence-corrected chi connectivity index (χ4v) is 2.15. The molecule has 2 atom stereocenters. The zero-order valence-electron chi connectivity index (χ0n) is 9.38. The lowest BCUT2D eigenvalue weighted by molar-refractivity contribution is 0.217. The van der Waals surface area contributed by atoms with Gasteiger partial charge in [-0.2, -0.15) is 0 Å². The summed E-state index contributed by atoms with van der Waals surface area (Å²) in [7, 11) is 0. The molecule has 0 saturated carbocycles. The number of halogens is 2. The van der Waals surface area contributed by atoms with Gasteiger partial charge < -0.3 is 4.74 Å². The maximum Gasteiger partial charge on any atom is 0.123 e. The van der Waals surface area contributed by atoms with E-state index in [-0.39, 0.29) is 17.3 Å². The van der Waals surface area contributed by atoms with Crippen molar-refractivity contribution in [1.82, 2.24) is 0 Å². The summed E-state index contributed by atoms with van der Waals surface area (Å²) < 4.78 is 18.7. The van der Waals surface area contributed by atoms with Crippen LogP contribution in [0.25, 0.3) is 0 Å². The first-order valence-electron chi connectivity index (χ1n) is 5.78. The zero-order valence-corrected chi connectivity index (χ0v) is 10.1. The van der Waals surface area contributed by atoms with Crippen LogP contribution in [0.4, 0.5) is 4.39 Å². The molecule has 0 saturated heterocycles. The van der Waals surface area contributed by atoms with Crippen molar-refractivity contribution in [3.8, 4) is 5.75 Å². The number of rotatable bonds is 4. The van der Waals surface area contributed by atoms with Gasteiger partial charge in [0.1, 0.15) is 17.7 Å². The molecule has 1 aliphatic heterocycles. The SMILES string of the molecule is CCC(Cl)CCC1Cc2cc(F)ccc2O1. The molecule has 1 nitrogen and oxygen atoms in total. The molecule has 3 heteroatoms. The Morgan fingerprint density at radius 3 is 3.12 bits per heavy atom. The molecule has 16 heavy (non-hydrogen) atoms. The van der Waals surface area contributed by atoms with Crippen LogP contribution in [0.3, 0.4) is 0 Å². The van der Waals surface area contributed by atoms with Crippen molar-refractivity contribution in [2.24, 2.45) is 0 Å². The standard InChI is InChI=1S/C13H16ClFO/c1-2-10(14)3-5-12-8-9-7-11(15)4-6-13(9)16-12/h4,6-7,10,12H,2-3,5,8H2,1H3. The molecule has 0 aliphatic carbocycles. The van der Waals surface area contributed by atoms with E-state index in [0.717, 1.165) is 37.0 Å². The number of hydrogen-bond acceptors (Lipinski definition) is 1. The first-order chi connectivity index (χ1) is 7.69. The van der Waals surface area contributed by atoms with Crippen molar-refractivity contribution >= 4 is 11.6 Å². The summed E-state index contributed by atoms with van der Waals surface area (Å²) in [5.41, 5.74) is 0.979. The number of ether oxygens (including phenoxy) is 1. The molecule has 0 bridgehead atoms. The van der Waals surface area contributed by atoms with Gasteiger partial charge in [0.2, 0.25) is 0 Å². The Morgan fingerprint density at radius 1 is 1.56 bits per heavy atom. The summed E-state index contributed by atoms with van der Waals surface area (Å²) in [4.78, 5) is 0. The van der Waals surface area contributed by atoms with E-state index in [9.17, 15) is 4.39 Å². The fourth-order valence-electron chi connectivity index (χ4n) is 2.02. The van der Waals surface area contributed by atoms with E-state index in [0.29, 0.717) is 0 Å². The van der Waals surface area contributed by atoms with E-state index in [1.165, 1.54) is 6.07 Å². The van der Waals surface area contributed by atoms with Gasteiger partial charge in [0.25, 0.3) is 0 Å². The molecule has 88 valence electrons. The third-order valence-electron chi connectivity index (χ3n) is 3.01. The van der Waals surface area contributed by atoms with E-state index in [1.54, 1.807) is 12.1 Å². The molecule has 0 radical (unpaired) electrons. The van der Waals surface area contributed by atoms with Gasteiger partial charge in [0.15, 0.2) is 0 Å². The van der Waals surface area contributed by atoms with Gasteiger partial charge in [-0.25, -0.2) is 4.39 Å². The van der Waals surface area contributed by atoms with Crippen LogP contribution in [0.15, 0.2) is 18.2 Å². The van der Waals surface area contributed by atoms with Crippen LogP contribution in [0.1, 0.15) is 31.7 Å². The second-order valence-electron chi connectivity index (χ2n) is 4.28. The van der Waals surface area contributed by atoms with Gasteiger partial charge >= 0.3 is 0 Å². The van der Waals surface area contributed by atoms with Crippen LogP contribution in [-0.4, -0.2) is 11.5 Å². The van der Waals surface area contributed by atoms with Crippen LogP contribution in [0.2, 0.25) is 0 Å². The predicted octanol–water partition coefficient (Wildman–Crippen LogP) is 3.93. The summed E-state index contributed by atoms with van der Waals surface area (Å²) >= 11 is 6.06. The predicted molar refractivity (Wildman–Crippen MR) is 63.7 cm³/mol. The van der Waals surface area contributed by atoms with Gasteiger partial charge in [-0.15, -0.1) is 11.6 Å². The van der Waals surface area contributed by atoms with E-state index < -0.39 is 0 Å². The van der Waals surface area contributed by atoms with Crippen molar-refractivity contribution < 1.29 is 9.13 Å². The highest BCUT2D eigenvalue weighted by atomic mass is 35.5. The van der Waals surface area contributed by atoms with Crippen LogP contribution < -0.4 is 4.74 Å². The average molecular weight is 243 g/mol. The summed E-state index contributed by atoms with van der Waals surface area (Å²) in [6, 6.07) is 4.72. The molecule has 0 spiro atoms. The lowest BCUT2D eigenvalue weighted by Crippen LogP contribution is -2.14. The summed E-state index contributed by atoms with van der Waals surface area (Å²) in [5.74, 6) is 0.640. The summed E-state index contributed by atoms with van der Waals surface area (Å²) in [6.45, 7) is 2.08. The Hall–Kier alpha value is -0.760. The van der Waals surface area contributed by atoms with Gasteiger partial charge in [0, 0.05) is 17.4 Å². The Balaban J connectivity index is 1.90. The molecule has 1 heterocycles. The zero-order chi connectivity index (χ0) is 11.5. The molecule has 1 aromatic rings. The molecular formula is C13H16ClFO. The summed E-state index contributed by atoms with van der Waals surface area (Å²) in [5, 5.41) is 0.226. The topological polar surface area (TPSA) is 9.23 Å². The fraction of sp³-hybridized carbons (Fsp3) is 0.538. The molecule has 0 fully saturated rings. The maximum absolute atomic E-state index is 13.0. The molecular weight excluding hydrogens is 227 g/mol. The van der Waals surface area contributed by atoms with Crippen LogP contribution >= 0.6 is 11.6 Å². The van der Waals surface area contributed by atoms with E-state index in [4.69, 9.17) is 16.3 Å². The monoisotopic (exact) mass is 242 g/mol. The largest absolute Gasteiger partial charge is 0.490 e. The van der Waals surface area contributed by atoms with Gasteiger partial charge in [0.05, 0.1) is 0 Å². The van der Waals surface area contributed by atoms with Crippen LogP contribution in [-0.2, 0) is 6.42 Å². The lowest BCUT2D eigenvalue weighted by Gasteiger charge is -2.12. The highest BCUT2D eigenvalue weighted by Crippen LogP contribution is 2.31. The smallest absolute Gasteiger partial charge is 0.123 e. The molecule has 0 N–H and O–H groups in total. The van der Waals surface area contributed by atoms with E-state index >= 15 is 0 Å². The van der Waals surface area contributed by atoms with Crippen LogP contribution in [0.5, 0.6) is 5.75 Å². The van der Waals surface area contributed by atoms with Crippen molar-refractivity contribution in [3.63, 3.8) is 0 Å². The minimum Gasteiger partial charge on any atom is -0.490 e. The summed E-state index contributed by atoms with van der Waals surface area (Å²) in [6.07, 6.45) is 3.86. The number of hydrogen-bond donors (Lipinski definition) is 0. The second-order valence-corrected chi connectivity index (χ2v) is 4.90. The molecule has 2 rings (SSSR count). The molecule has 1 aromatic carbocycles. The third kappa shape index (κ3) is 2.67. The Morgan fingerprint density at radius 2 is 2.38 bits per heavy atom. The molecule has 0 amide bonds. The highest BCUT2D eigenvalue weighted by molar-refractivity contribution is 6.20. The number of fused-ring (bicyclic) bond motifs is 1. The van der Waals surface area contributed by atoms with Gasteiger partial charge in [-0.05, 0) is 37.5 Å². The molecule has 1 aliphatic rings. The lowest BCUT2D eigenvalue weighted by atomic mass is 10.0. The first kappa shape index (κ1) is 11.7. The first-order valence-corrected chi connectivity index (χ1v) is 6.22. The molecule has 0 aromatic heterocycles. The van der Waals surface area contributed by atoms with E-state index in [2.05, 4.69) is 6.92 Å². The normalized spacial score (nSPS) is 20.3. The Kier molecular flexibility index (Phi) is 3.70. The van der Waals surface area contributed by atoms with Crippen molar-refractivity contribution in [1.29, 1.82) is 0 Å². The van der Waals surface area contributed by atoms with Gasteiger partial charge in [-0.1, -0.05) is 6.92 Å². The van der Waals surface area contributed by atoms with Gasteiger partial charge in [-0.3, -0.25) is 0 Å². The minimum atomic E-state index is -0.188. The Labute approximate surface area is 101 Å². The van der Waals surface area contributed by atoms with Crippen molar-refractivity contribution in [2.45, 2.75) is 44.1 Å². The van der Waals surface area contributed by atoms with Crippen molar-refractivity contribution in [3.05, 3.63) is 29.6 Å². The number of benzene rings is 1. The molecule has 2 unspecified atom stereocenters. The number of alkyl halides is 1. The average Bonchev–Trinajstić information content (AvgIpc) is 2.67. The van der Waals surface area contributed by atoms with E-state index in [1.807, 2.05) is 0 Å². The minimum absolute atomic E-state index is 0.171. The van der Waals surface area contributed by atoms with Crippen LogP contribution in [0, 0.1) is 5.82 Å². The Bertz CT molecular complexity index is 367.